The molecule has 5 nitrogen and oxygen atoms in total. The maximum atomic E-state index is 12.5. The molecule has 1 heterocycles. The number of rotatable bonds is 7. The molecule has 6 heteroatoms. The van der Waals surface area contributed by atoms with Crippen LogP contribution in [0.2, 0.25) is 0 Å². The van der Waals surface area contributed by atoms with Gasteiger partial charge in [-0.2, -0.15) is 0 Å². The minimum Gasteiger partial charge on any atom is -0.481 e. The smallest absolute Gasteiger partial charge is 0.303 e. The number of carboxylic acid groups (broad SMARTS) is 1. The van der Waals surface area contributed by atoms with Gasteiger partial charge in [0.2, 0.25) is 5.91 Å². The minimum absolute atomic E-state index is 0. The van der Waals surface area contributed by atoms with E-state index in [0.29, 0.717) is 6.42 Å². The van der Waals surface area contributed by atoms with Crippen LogP contribution in [-0.4, -0.2) is 48.1 Å². The van der Waals surface area contributed by atoms with E-state index in [1.165, 1.54) is 0 Å². The summed E-state index contributed by atoms with van der Waals surface area (Å²) in [5.41, 5.74) is 0.948. The van der Waals surface area contributed by atoms with Crippen LogP contribution in [0.1, 0.15) is 25.7 Å². The number of hydrogen-bond acceptors (Lipinski definition) is 3. The Kier molecular flexibility index (Phi) is 7.35. The van der Waals surface area contributed by atoms with Crippen LogP contribution in [0.4, 0.5) is 5.69 Å². The maximum Gasteiger partial charge on any atom is 0.303 e. The predicted molar refractivity (Wildman–Crippen MR) is 88.6 cm³/mol. The number of hydrogen-bond donors (Lipinski definition) is 1. The molecule has 1 aromatic carbocycles. The molecule has 1 fully saturated rings. The summed E-state index contributed by atoms with van der Waals surface area (Å²) in [4.78, 5) is 26.8. The number of halogens is 1. The van der Waals surface area contributed by atoms with Crippen LogP contribution >= 0.6 is 12.4 Å². The second kappa shape index (κ2) is 8.76. The first-order valence-electron chi connectivity index (χ1n) is 7.38. The summed E-state index contributed by atoms with van der Waals surface area (Å²) in [7, 11) is 1.94. The quantitative estimate of drug-likeness (QED) is 0.782. The van der Waals surface area contributed by atoms with Crippen molar-refractivity contribution in [2.24, 2.45) is 0 Å². The third kappa shape index (κ3) is 4.71. The molecule has 1 saturated heterocycles. The average molecular weight is 327 g/mol. The van der Waals surface area contributed by atoms with Crippen LogP contribution < -0.4 is 4.90 Å². The highest BCUT2D eigenvalue weighted by molar-refractivity contribution is 5.99. The van der Waals surface area contributed by atoms with Gasteiger partial charge in [-0.05, 0) is 45.0 Å². The Labute approximate surface area is 137 Å². The number of para-hydroxylation sites is 1. The van der Waals surface area contributed by atoms with Gasteiger partial charge in [0.25, 0.3) is 0 Å². The Morgan fingerprint density at radius 1 is 1.32 bits per heavy atom. The number of unbranched alkanes of at least 4 members (excludes halogenated alkanes) is 1. The Hall–Kier alpha value is -1.59. The number of benzene rings is 1. The van der Waals surface area contributed by atoms with Gasteiger partial charge in [-0.25, -0.2) is 0 Å². The SMILES string of the molecule is CN(CCCCC(=O)O)C1CCN(c2ccccc2)C1=O.Cl. The second-order valence-electron chi connectivity index (χ2n) is 5.46. The van der Waals surface area contributed by atoms with Gasteiger partial charge in [-0.3, -0.25) is 14.5 Å². The van der Waals surface area contributed by atoms with Crippen molar-refractivity contribution in [1.82, 2.24) is 4.90 Å². The van der Waals surface area contributed by atoms with E-state index in [0.717, 1.165) is 31.6 Å². The highest BCUT2D eigenvalue weighted by atomic mass is 35.5. The molecule has 0 saturated carbocycles. The topological polar surface area (TPSA) is 60.9 Å². The van der Waals surface area contributed by atoms with Gasteiger partial charge in [-0.15, -0.1) is 12.4 Å². The fraction of sp³-hybridized carbons (Fsp3) is 0.500. The predicted octanol–water partition coefficient (Wildman–Crippen LogP) is 2.40. The third-order valence-corrected chi connectivity index (χ3v) is 3.93. The lowest BCUT2D eigenvalue weighted by Gasteiger charge is -2.23. The summed E-state index contributed by atoms with van der Waals surface area (Å²) in [6, 6.07) is 9.63. The number of carboxylic acids is 1. The Bertz CT molecular complexity index is 495. The summed E-state index contributed by atoms with van der Waals surface area (Å²) in [6.07, 6.45) is 2.48. The zero-order valence-corrected chi connectivity index (χ0v) is 13.6. The minimum atomic E-state index is -0.759. The van der Waals surface area contributed by atoms with E-state index in [-0.39, 0.29) is 30.8 Å². The van der Waals surface area contributed by atoms with Gasteiger partial charge >= 0.3 is 5.97 Å². The van der Waals surface area contributed by atoms with Gasteiger partial charge in [-0.1, -0.05) is 18.2 Å². The van der Waals surface area contributed by atoms with E-state index in [2.05, 4.69) is 0 Å². The number of aliphatic carboxylic acids is 1. The van der Waals surface area contributed by atoms with Crippen molar-refractivity contribution in [2.75, 3.05) is 25.0 Å². The number of carbonyl (C=O) groups excluding carboxylic acids is 1. The lowest BCUT2D eigenvalue weighted by molar-refractivity contribution is -0.137. The lowest BCUT2D eigenvalue weighted by atomic mass is 10.2. The molecule has 0 radical (unpaired) electrons. The molecule has 22 heavy (non-hydrogen) atoms. The van der Waals surface area contributed by atoms with Crippen molar-refractivity contribution < 1.29 is 14.7 Å². The molecule has 0 spiro atoms. The molecule has 1 aromatic rings. The van der Waals surface area contributed by atoms with Crippen molar-refractivity contribution in [3.63, 3.8) is 0 Å². The number of amides is 1. The molecule has 1 atom stereocenters. The first-order chi connectivity index (χ1) is 10.1. The number of anilines is 1. The molecule has 1 N–H and O–H groups in total. The molecule has 0 bridgehead atoms. The van der Waals surface area contributed by atoms with E-state index in [1.807, 2.05) is 47.2 Å². The highest BCUT2D eigenvalue weighted by Gasteiger charge is 2.34. The van der Waals surface area contributed by atoms with E-state index in [4.69, 9.17) is 5.11 Å². The molecule has 1 unspecified atom stereocenters. The molecule has 1 aliphatic rings. The van der Waals surface area contributed by atoms with Crippen molar-refractivity contribution >= 4 is 30.0 Å². The third-order valence-electron chi connectivity index (χ3n) is 3.93. The van der Waals surface area contributed by atoms with Crippen LogP contribution in [0.3, 0.4) is 0 Å². The van der Waals surface area contributed by atoms with Gasteiger partial charge in [0, 0.05) is 18.7 Å². The molecule has 1 amide bonds. The standard InChI is InChI=1S/C16H22N2O3.ClH/c1-17(11-6-5-9-15(19)20)14-10-12-18(16(14)21)13-7-3-2-4-8-13;/h2-4,7-8,14H,5-6,9-12H2,1H3,(H,19,20);1H. The summed E-state index contributed by atoms with van der Waals surface area (Å²) >= 11 is 0. The van der Waals surface area contributed by atoms with Crippen molar-refractivity contribution in [2.45, 2.75) is 31.7 Å². The van der Waals surface area contributed by atoms with E-state index < -0.39 is 5.97 Å². The van der Waals surface area contributed by atoms with Crippen molar-refractivity contribution in [1.29, 1.82) is 0 Å². The first kappa shape index (κ1) is 18.5. The van der Waals surface area contributed by atoms with Gasteiger partial charge in [0.1, 0.15) is 0 Å². The van der Waals surface area contributed by atoms with E-state index >= 15 is 0 Å². The van der Waals surface area contributed by atoms with Crippen LogP contribution in [0.15, 0.2) is 30.3 Å². The summed E-state index contributed by atoms with van der Waals surface area (Å²) in [5, 5.41) is 8.62. The van der Waals surface area contributed by atoms with Gasteiger partial charge < -0.3 is 10.0 Å². The Balaban J connectivity index is 0.00000242. The van der Waals surface area contributed by atoms with E-state index in [9.17, 15) is 9.59 Å². The van der Waals surface area contributed by atoms with Crippen molar-refractivity contribution in [3.8, 4) is 0 Å². The normalized spacial score (nSPS) is 17.6. The fourth-order valence-electron chi connectivity index (χ4n) is 2.73. The van der Waals surface area contributed by atoms with Gasteiger partial charge in [0.15, 0.2) is 0 Å². The number of carbonyl (C=O) groups is 2. The zero-order chi connectivity index (χ0) is 15.2. The summed E-state index contributed by atoms with van der Waals surface area (Å²) in [5.74, 6) is -0.619. The van der Waals surface area contributed by atoms with Crippen LogP contribution in [-0.2, 0) is 9.59 Å². The average Bonchev–Trinajstić information content (AvgIpc) is 2.86. The molecule has 122 valence electrons. The molecular weight excluding hydrogens is 304 g/mol. The second-order valence-corrected chi connectivity index (χ2v) is 5.46. The van der Waals surface area contributed by atoms with E-state index in [1.54, 1.807) is 0 Å². The molecule has 0 aromatic heterocycles. The highest BCUT2D eigenvalue weighted by Crippen LogP contribution is 2.23. The molecule has 0 aliphatic carbocycles. The number of likely N-dealkylation sites (N-methyl/N-ethyl adjacent to an activating group) is 1. The maximum absolute atomic E-state index is 12.5. The Morgan fingerprint density at radius 2 is 2.00 bits per heavy atom. The van der Waals surface area contributed by atoms with Gasteiger partial charge in [0.05, 0.1) is 6.04 Å². The molecule has 2 rings (SSSR count). The molecular formula is C16H23ClN2O3. The van der Waals surface area contributed by atoms with Crippen molar-refractivity contribution in [3.05, 3.63) is 30.3 Å². The van der Waals surface area contributed by atoms with Crippen LogP contribution in [0.25, 0.3) is 0 Å². The Morgan fingerprint density at radius 3 is 2.64 bits per heavy atom. The van der Waals surface area contributed by atoms with Crippen LogP contribution in [0.5, 0.6) is 0 Å². The number of nitrogens with zero attached hydrogens (tertiary/aromatic N) is 2. The van der Waals surface area contributed by atoms with Crippen LogP contribution in [0, 0.1) is 0 Å². The first-order valence-corrected chi connectivity index (χ1v) is 7.38. The summed E-state index contributed by atoms with van der Waals surface area (Å²) in [6.45, 7) is 1.50. The summed E-state index contributed by atoms with van der Waals surface area (Å²) < 4.78 is 0. The largest absolute Gasteiger partial charge is 0.481 e. The fourth-order valence-corrected chi connectivity index (χ4v) is 2.73. The zero-order valence-electron chi connectivity index (χ0n) is 12.8. The lowest BCUT2D eigenvalue weighted by Crippen LogP contribution is -2.40. The molecule has 1 aliphatic heterocycles. The monoisotopic (exact) mass is 326 g/mol.